The molecule has 0 saturated carbocycles. The first kappa shape index (κ1) is 12.9. The highest BCUT2D eigenvalue weighted by atomic mass is 19.1. The number of hydrogen-bond acceptors (Lipinski definition) is 6. The van der Waals surface area contributed by atoms with Crippen LogP contribution in [0.4, 0.5) is 10.2 Å². The number of halogens is 1. The fourth-order valence-electron chi connectivity index (χ4n) is 1.86. The summed E-state index contributed by atoms with van der Waals surface area (Å²) in [6.07, 6.45) is -3.47. The van der Waals surface area contributed by atoms with Crippen LogP contribution in [0.25, 0.3) is 0 Å². The van der Waals surface area contributed by atoms with E-state index < -0.39 is 36.4 Å². The third kappa shape index (κ3) is 1.88. The van der Waals surface area contributed by atoms with E-state index in [2.05, 4.69) is 4.98 Å². The Kier molecular flexibility index (Phi) is 3.09. The first-order chi connectivity index (χ1) is 8.39. The predicted molar refractivity (Wildman–Crippen MR) is 59.4 cm³/mol. The van der Waals surface area contributed by atoms with Gasteiger partial charge in [-0.3, -0.25) is 4.57 Å². The van der Waals surface area contributed by atoms with Crippen LogP contribution in [0.5, 0.6) is 0 Å². The number of anilines is 1. The summed E-state index contributed by atoms with van der Waals surface area (Å²) in [4.78, 5) is 15.0. The number of aliphatic hydroxyl groups is 2. The van der Waals surface area contributed by atoms with Crippen LogP contribution < -0.4 is 11.4 Å². The Morgan fingerprint density at radius 1 is 1.72 bits per heavy atom. The molecule has 0 amide bonds. The number of nitrogens with two attached hydrogens (primary N) is 1. The van der Waals surface area contributed by atoms with E-state index in [1.54, 1.807) is 0 Å². The number of rotatable bonds is 2. The highest BCUT2D eigenvalue weighted by molar-refractivity contribution is 5.23. The largest absolute Gasteiger partial charge is 0.393 e. The molecule has 1 saturated heterocycles. The van der Waals surface area contributed by atoms with Crippen molar-refractivity contribution >= 4 is 5.82 Å². The topological polar surface area (TPSA) is 111 Å². The lowest BCUT2D eigenvalue weighted by Gasteiger charge is -2.24. The smallest absolute Gasteiger partial charge is 0.351 e. The van der Waals surface area contributed by atoms with E-state index in [1.807, 2.05) is 0 Å². The van der Waals surface area contributed by atoms with Gasteiger partial charge in [-0.15, -0.1) is 0 Å². The van der Waals surface area contributed by atoms with Crippen molar-refractivity contribution in [2.75, 3.05) is 12.3 Å². The third-order valence-corrected chi connectivity index (χ3v) is 3.03. The monoisotopic (exact) mass is 259 g/mol. The summed E-state index contributed by atoms with van der Waals surface area (Å²) in [5, 5.41) is 18.8. The molecule has 0 unspecified atom stereocenters. The van der Waals surface area contributed by atoms with Gasteiger partial charge in [0.15, 0.2) is 12.4 Å². The highest BCUT2D eigenvalue weighted by Gasteiger charge is 2.53. The van der Waals surface area contributed by atoms with Gasteiger partial charge in [-0.2, -0.15) is 4.98 Å². The Morgan fingerprint density at radius 3 is 2.89 bits per heavy atom. The average molecular weight is 259 g/mol. The Balaban J connectivity index is 2.38. The number of alkyl halides is 1. The molecule has 7 nitrogen and oxygen atoms in total. The van der Waals surface area contributed by atoms with Crippen molar-refractivity contribution in [3.05, 3.63) is 22.7 Å². The zero-order valence-corrected chi connectivity index (χ0v) is 9.65. The zero-order chi connectivity index (χ0) is 13.5. The van der Waals surface area contributed by atoms with Crippen molar-refractivity contribution in [2.24, 2.45) is 0 Å². The normalized spacial score (nSPS) is 35.9. The minimum absolute atomic E-state index is 0.00937. The number of aromatic nitrogens is 2. The van der Waals surface area contributed by atoms with Crippen LogP contribution in [0.1, 0.15) is 13.2 Å². The summed E-state index contributed by atoms with van der Waals surface area (Å²) in [5.41, 5.74) is 3.09. The van der Waals surface area contributed by atoms with Crippen molar-refractivity contribution < 1.29 is 19.3 Å². The molecule has 1 aromatic rings. The van der Waals surface area contributed by atoms with Gasteiger partial charge < -0.3 is 20.7 Å². The molecule has 4 N–H and O–H groups in total. The summed E-state index contributed by atoms with van der Waals surface area (Å²) < 4.78 is 20.1. The second kappa shape index (κ2) is 4.30. The number of nitrogens with zero attached hydrogens (tertiary/aromatic N) is 2. The summed E-state index contributed by atoms with van der Waals surface area (Å²) >= 11 is 0. The fraction of sp³-hybridized carbons (Fsp3) is 0.600. The number of hydrogen-bond donors (Lipinski definition) is 3. The maximum atomic E-state index is 13.9. The first-order valence-corrected chi connectivity index (χ1v) is 5.34. The van der Waals surface area contributed by atoms with Gasteiger partial charge >= 0.3 is 5.69 Å². The van der Waals surface area contributed by atoms with Crippen LogP contribution in [0.2, 0.25) is 0 Å². The molecule has 1 aliphatic heterocycles. The molecule has 1 aliphatic rings. The van der Waals surface area contributed by atoms with Crippen molar-refractivity contribution in [1.29, 1.82) is 0 Å². The van der Waals surface area contributed by atoms with Crippen LogP contribution in [-0.2, 0) is 4.74 Å². The van der Waals surface area contributed by atoms with E-state index in [-0.39, 0.29) is 5.82 Å². The van der Waals surface area contributed by atoms with Gasteiger partial charge in [0.2, 0.25) is 0 Å². The van der Waals surface area contributed by atoms with Gasteiger partial charge in [0, 0.05) is 6.20 Å². The Hall–Kier alpha value is -1.51. The van der Waals surface area contributed by atoms with E-state index in [0.717, 1.165) is 4.57 Å². The van der Waals surface area contributed by atoms with E-state index in [9.17, 15) is 14.3 Å². The van der Waals surface area contributed by atoms with Crippen LogP contribution in [-0.4, -0.2) is 44.2 Å². The highest BCUT2D eigenvalue weighted by Crippen LogP contribution is 2.37. The molecule has 4 atom stereocenters. The Labute approximate surface area is 102 Å². The third-order valence-electron chi connectivity index (χ3n) is 3.03. The number of ether oxygens (including phenoxy) is 1. The van der Waals surface area contributed by atoms with Gasteiger partial charge in [0.25, 0.3) is 0 Å². The summed E-state index contributed by atoms with van der Waals surface area (Å²) in [6, 6.07) is 1.32. The summed E-state index contributed by atoms with van der Waals surface area (Å²) in [5.74, 6) is 0.00937. The molecule has 1 fully saturated rings. The van der Waals surface area contributed by atoms with E-state index in [1.165, 1.54) is 19.2 Å². The SMILES string of the molecule is C[C@]1(CO)O[C@H](n2ccc(N)nc2=O)[C@@H](F)[C@@H]1O. The molecule has 0 spiro atoms. The molecule has 18 heavy (non-hydrogen) atoms. The fourth-order valence-corrected chi connectivity index (χ4v) is 1.86. The van der Waals surface area contributed by atoms with Crippen LogP contribution in [0.15, 0.2) is 17.1 Å². The van der Waals surface area contributed by atoms with Crippen LogP contribution >= 0.6 is 0 Å². The summed E-state index contributed by atoms with van der Waals surface area (Å²) in [6.45, 7) is 0.794. The quantitative estimate of drug-likeness (QED) is 0.615. The van der Waals surface area contributed by atoms with Gasteiger partial charge in [-0.25, -0.2) is 9.18 Å². The maximum Gasteiger partial charge on any atom is 0.351 e. The molecule has 0 bridgehead atoms. The first-order valence-electron chi connectivity index (χ1n) is 5.34. The van der Waals surface area contributed by atoms with E-state index in [0.29, 0.717) is 0 Å². The van der Waals surface area contributed by atoms with Gasteiger partial charge in [-0.1, -0.05) is 0 Å². The standard InChI is InChI=1S/C10H14FN3O4/c1-10(4-15)7(16)6(11)8(18-10)14-3-2-5(12)13-9(14)17/h2-3,6-8,15-16H,4H2,1H3,(H2,12,13,17)/t6-,7-,8-,10+/m0/s1. The zero-order valence-electron chi connectivity index (χ0n) is 9.65. The number of aliphatic hydroxyl groups excluding tert-OH is 2. The predicted octanol–water partition coefficient (Wildman–Crippen LogP) is -1.20. The molecule has 8 heteroatoms. The minimum atomic E-state index is -1.84. The second-order valence-electron chi connectivity index (χ2n) is 4.41. The van der Waals surface area contributed by atoms with Gasteiger partial charge in [0.1, 0.15) is 17.5 Å². The van der Waals surface area contributed by atoms with Crippen LogP contribution in [0.3, 0.4) is 0 Å². The maximum absolute atomic E-state index is 13.9. The lowest BCUT2D eigenvalue weighted by molar-refractivity contribution is -0.117. The van der Waals surface area contributed by atoms with Crippen molar-refractivity contribution in [2.45, 2.75) is 31.0 Å². The van der Waals surface area contributed by atoms with Crippen molar-refractivity contribution in [1.82, 2.24) is 9.55 Å². The van der Waals surface area contributed by atoms with E-state index in [4.69, 9.17) is 15.6 Å². The molecule has 1 aromatic heterocycles. The molecule has 0 aliphatic carbocycles. The minimum Gasteiger partial charge on any atom is -0.393 e. The van der Waals surface area contributed by atoms with Crippen molar-refractivity contribution in [3.8, 4) is 0 Å². The number of nitrogen functional groups attached to an aromatic ring is 1. The molecule has 2 heterocycles. The lowest BCUT2D eigenvalue weighted by atomic mass is 9.99. The van der Waals surface area contributed by atoms with Gasteiger partial charge in [0.05, 0.1) is 6.61 Å². The van der Waals surface area contributed by atoms with Gasteiger partial charge in [-0.05, 0) is 13.0 Å². The Morgan fingerprint density at radius 2 is 2.39 bits per heavy atom. The van der Waals surface area contributed by atoms with E-state index >= 15 is 0 Å². The second-order valence-corrected chi connectivity index (χ2v) is 4.41. The molecular formula is C10H14FN3O4. The molecule has 0 radical (unpaired) electrons. The summed E-state index contributed by atoms with van der Waals surface area (Å²) in [7, 11) is 0. The Bertz CT molecular complexity index is 508. The molecular weight excluding hydrogens is 245 g/mol. The average Bonchev–Trinajstić information content (AvgIpc) is 2.55. The molecule has 100 valence electrons. The molecule has 0 aromatic carbocycles. The molecule has 2 rings (SSSR count). The lowest BCUT2D eigenvalue weighted by Crippen LogP contribution is -2.42. The van der Waals surface area contributed by atoms with Crippen LogP contribution in [0, 0.1) is 0 Å². The van der Waals surface area contributed by atoms with Crippen molar-refractivity contribution in [3.63, 3.8) is 0 Å².